The molecule has 2 nitrogen and oxygen atoms in total. The van der Waals surface area contributed by atoms with Gasteiger partial charge in [-0.3, -0.25) is 0 Å². The molecule has 0 spiro atoms. The van der Waals surface area contributed by atoms with Crippen molar-refractivity contribution in [2.75, 3.05) is 19.8 Å². The van der Waals surface area contributed by atoms with Gasteiger partial charge in [0.1, 0.15) is 0 Å². The van der Waals surface area contributed by atoms with Gasteiger partial charge in [0.2, 0.25) is 0 Å². The zero-order valence-corrected chi connectivity index (χ0v) is 7.92. The SMILES string of the molecule is Cc1ccccc1C1(CN)COC1. The minimum Gasteiger partial charge on any atom is -0.379 e. The summed E-state index contributed by atoms with van der Waals surface area (Å²) in [7, 11) is 0. The number of hydrogen-bond donors (Lipinski definition) is 1. The van der Waals surface area contributed by atoms with Gasteiger partial charge in [0.05, 0.1) is 18.6 Å². The van der Waals surface area contributed by atoms with Crippen LogP contribution in [0.1, 0.15) is 11.1 Å². The highest BCUT2D eigenvalue weighted by molar-refractivity contribution is 5.35. The van der Waals surface area contributed by atoms with Gasteiger partial charge >= 0.3 is 0 Å². The van der Waals surface area contributed by atoms with Crippen LogP contribution >= 0.6 is 0 Å². The monoisotopic (exact) mass is 177 g/mol. The number of rotatable bonds is 2. The van der Waals surface area contributed by atoms with Gasteiger partial charge in [-0.15, -0.1) is 0 Å². The van der Waals surface area contributed by atoms with Crippen LogP contribution in [0.5, 0.6) is 0 Å². The van der Waals surface area contributed by atoms with Gasteiger partial charge in [-0.25, -0.2) is 0 Å². The first-order valence-electron chi connectivity index (χ1n) is 4.62. The Morgan fingerprint density at radius 3 is 2.54 bits per heavy atom. The summed E-state index contributed by atoms with van der Waals surface area (Å²) in [6.45, 7) is 4.35. The van der Waals surface area contributed by atoms with Crippen LogP contribution in [0.15, 0.2) is 24.3 Å². The fraction of sp³-hybridized carbons (Fsp3) is 0.455. The van der Waals surface area contributed by atoms with Crippen LogP contribution < -0.4 is 5.73 Å². The van der Waals surface area contributed by atoms with E-state index in [4.69, 9.17) is 10.5 Å². The molecule has 1 aromatic carbocycles. The molecule has 2 heteroatoms. The maximum Gasteiger partial charge on any atom is 0.0598 e. The van der Waals surface area contributed by atoms with Crippen LogP contribution in [0.2, 0.25) is 0 Å². The lowest BCUT2D eigenvalue weighted by molar-refractivity contribution is -0.0553. The van der Waals surface area contributed by atoms with Gasteiger partial charge in [-0.05, 0) is 18.1 Å². The Bertz CT molecular complexity index is 299. The molecule has 0 aliphatic carbocycles. The largest absolute Gasteiger partial charge is 0.379 e. The smallest absolute Gasteiger partial charge is 0.0598 e. The summed E-state index contributed by atoms with van der Waals surface area (Å²) in [5, 5.41) is 0. The zero-order chi connectivity index (χ0) is 9.31. The Labute approximate surface area is 78.7 Å². The Kier molecular flexibility index (Phi) is 2.10. The molecule has 0 radical (unpaired) electrons. The number of ether oxygens (including phenoxy) is 1. The van der Waals surface area contributed by atoms with Crippen molar-refractivity contribution >= 4 is 0 Å². The lowest BCUT2D eigenvalue weighted by Crippen LogP contribution is -2.52. The molecule has 1 fully saturated rings. The first-order chi connectivity index (χ1) is 6.28. The minimum atomic E-state index is 0.103. The molecule has 1 heterocycles. The quantitative estimate of drug-likeness (QED) is 0.737. The molecule has 13 heavy (non-hydrogen) atoms. The molecular formula is C11H15NO. The Hall–Kier alpha value is -0.860. The molecule has 2 rings (SSSR count). The van der Waals surface area contributed by atoms with E-state index in [2.05, 4.69) is 31.2 Å². The molecule has 0 unspecified atom stereocenters. The van der Waals surface area contributed by atoms with Gasteiger partial charge < -0.3 is 10.5 Å². The molecule has 1 saturated heterocycles. The van der Waals surface area contributed by atoms with E-state index in [1.165, 1.54) is 11.1 Å². The first kappa shape index (κ1) is 8.73. The highest BCUT2D eigenvalue weighted by atomic mass is 16.5. The van der Waals surface area contributed by atoms with Crippen LogP contribution in [0.25, 0.3) is 0 Å². The van der Waals surface area contributed by atoms with E-state index >= 15 is 0 Å². The molecule has 70 valence electrons. The van der Waals surface area contributed by atoms with Gasteiger partial charge in [0.15, 0.2) is 0 Å². The topological polar surface area (TPSA) is 35.2 Å². The van der Waals surface area contributed by atoms with E-state index in [1.54, 1.807) is 0 Å². The molecule has 1 aliphatic heterocycles. The maximum atomic E-state index is 5.79. The molecule has 0 bridgehead atoms. The second kappa shape index (κ2) is 3.13. The van der Waals surface area contributed by atoms with E-state index in [-0.39, 0.29) is 5.41 Å². The predicted molar refractivity (Wildman–Crippen MR) is 52.7 cm³/mol. The number of aryl methyl sites for hydroxylation is 1. The molecule has 1 aliphatic rings. The van der Waals surface area contributed by atoms with Crippen molar-refractivity contribution < 1.29 is 4.74 Å². The average molecular weight is 177 g/mol. The molecule has 2 N–H and O–H groups in total. The number of nitrogens with two attached hydrogens (primary N) is 1. The highest BCUT2D eigenvalue weighted by Gasteiger charge is 2.39. The van der Waals surface area contributed by atoms with Gasteiger partial charge in [0, 0.05) is 6.54 Å². The highest BCUT2D eigenvalue weighted by Crippen LogP contribution is 2.32. The van der Waals surface area contributed by atoms with Crippen LogP contribution in [-0.4, -0.2) is 19.8 Å². The van der Waals surface area contributed by atoms with Gasteiger partial charge in [-0.2, -0.15) is 0 Å². The van der Waals surface area contributed by atoms with Crippen molar-refractivity contribution in [2.24, 2.45) is 5.73 Å². The molecular weight excluding hydrogens is 162 g/mol. The van der Waals surface area contributed by atoms with Gasteiger partial charge in [0.25, 0.3) is 0 Å². The van der Waals surface area contributed by atoms with Crippen LogP contribution in [0.4, 0.5) is 0 Å². The van der Waals surface area contributed by atoms with E-state index in [0.29, 0.717) is 6.54 Å². The first-order valence-corrected chi connectivity index (χ1v) is 4.62. The molecule has 1 aromatic rings. The van der Waals surface area contributed by atoms with Crippen molar-refractivity contribution in [3.8, 4) is 0 Å². The van der Waals surface area contributed by atoms with Gasteiger partial charge in [-0.1, -0.05) is 24.3 Å². The van der Waals surface area contributed by atoms with Crippen molar-refractivity contribution in [1.29, 1.82) is 0 Å². The third kappa shape index (κ3) is 1.26. The van der Waals surface area contributed by atoms with Crippen molar-refractivity contribution in [2.45, 2.75) is 12.3 Å². The molecule has 0 atom stereocenters. The minimum absolute atomic E-state index is 0.103. The summed E-state index contributed by atoms with van der Waals surface area (Å²) in [6.07, 6.45) is 0. The van der Waals surface area contributed by atoms with Crippen molar-refractivity contribution in [1.82, 2.24) is 0 Å². The standard InChI is InChI=1S/C11H15NO/c1-9-4-2-3-5-10(9)11(6-12)7-13-8-11/h2-5H,6-8,12H2,1H3. The summed E-state index contributed by atoms with van der Waals surface area (Å²) in [5.41, 5.74) is 8.56. The second-order valence-electron chi connectivity index (χ2n) is 3.79. The lowest BCUT2D eigenvalue weighted by Gasteiger charge is -2.41. The maximum absolute atomic E-state index is 5.79. The van der Waals surface area contributed by atoms with E-state index in [1.807, 2.05) is 0 Å². The average Bonchev–Trinajstić information content (AvgIpc) is 2.07. The summed E-state index contributed by atoms with van der Waals surface area (Å²) in [5.74, 6) is 0. The Morgan fingerprint density at radius 1 is 1.38 bits per heavy atom. The second-order valence-corrected chi connectivity index (χ2v) is 3.79. The summed E-state index contributed by atoms with van der Waals surface area (Å²) < 4.78 is 5.26. The van der Waals surface area contributed by atoms with Crippen LogP contribution in [-0.2, 0) is 10.2 Å². The number of hydrogen-bond acceptors (Lipinski definition) is 2. The summed E-state index contributed by atoms with van der Waals surface area (Å²) in [4.78, 5) is 0. The fourth-order valence-electron chi connectivity index (χ4n) is 1.90. The molecule has 0 amide bonds. The predicted octanol–water partition coefficient (Wildman–Crippen LogP) is 1.22. The molecule has 0 aromatic heterocycles. The normalized spacial score (nSPS) is 19.5. The van der Waals surface area contributed by atoms with Crippen molar-refractivity contribution in [3.05, 3.63) is 35.4 Å². The number of benzene rings is 1. The lowest BCUT2D eigenvalue weighted by atomic mass is 9.77. The Morgan fingerprint density at radius 2 is 2.08 bits per heavy atom. The molecule has 0 saturated carbocycles. The van der Waals surface area contributed by atoms with E-state index < -0.39 is 0 Å². The van der Waals surface area contributed by atoms with E-state index in [9.17, 15) is 0 Å². The van der Waals surface area contributed by atoms with Crippen molar-refractivity contribution in [3.63, 3.8) is 0 Å². The van der Waals surface area contributed by atoms with E-state index in [0.717, 1.165) is 13.2 Å². The van der Waals surface area contributed by atoms with Crippen LogP contribution in [0, 0.1) is 6.92 Å². The fourth-order valence-corrected chi connectivity index (χ4v) is 1.90. The third-order valence-electron chi connectivity index (χ3n) is 2.86. The Balaban J connectivity index is 2.38. The summed E-state index contributed by atoms with van der Waals surface area (Å²) >= 11 is 0. The van der Waals surface area contributed by atoms with Crippen LogP contribution in [0.3, 0.4) is 0 Å². The third-order valence-corrected chi connectivity index (χ3v) is 2.86. The summed E-state index contributed by atoms with van der Waals surface area (Å²) in [6, 6.07) is 8.41. The zero-order valence-electron chi connectivity index (χ0n) is 7.92.